The molecule has 1 atom stereocenters. The smallest absolute Gasteiger partial charge is 0.322 e. The van der Waals surface area contributed by atoms with Crippen molar-refractivity contribution in [3.05, 3.63) is 59.1 Å². The molecule has 0 bridgehead atoms. The van der Waals surface area contributed by atoms with Crippen LogP contribution in [0.5, 0.6) is 5.75 Å². The molecule has 0 aromatic heterocycles. The summed E-state index contributed by atoms with van der Waals surface area (Å²) in [4.78, 5) is 13.8. The number of ether oxygens (including phenoxy) is 1. The first-order valence-corrected chi connectivity index (χ1v) is 7.47. The number of likely N-dealkylation sites (N-methyl/N-ethyl adjacent to an activating group) is 1. The number of nitrogens with one attached hydrogen (secondary N) is 1. The van der Waals surface area contributed by atoms with Crippen molar-refractivity contribution < 1.29 is 14.6 Å². The second-order valence-corrected chi connectivity index (χ2v) is 5.46. The first kappa shape index (κ1) is 17.1. The summed E-state index contributed by atoms with van der Waals surface area (Å²) in [5.41, 5.74) is 1.41. The number of aliphatic hydroxyl groups excluding tert-OH is 1. The summed E-state index contributed by atoms with van der Waals surface area (Å²) in [7, 11) is 3.22. The van der Waals surface area contributed by atoms with E-state index in [0.717, 1.165) is 11.3 Å². The average Bonchev–Trinajstić information content (AvgIpc) is 2.56. The number of carbonyl (C=O) groups excluding carboxylic acids is 1. The maximum Gasteiger partial charge on any atom is 0.322 e. The van der Waals surface area contributed by atoms with E-state index in [1.54, 1.807) is 50.6 Å². The summed E-state index contributed by atoms with van der Waals surface area (Å²) in [5.74, 6) is 0.719. The van der Waals surface area contributed by atoms with E-state index < -0.39 is 6.04 Å². The fraction of sp³-hybridized carbons (Fsp3) is 0.235. The van der Waals surface area contributed by atoms with Gasteiger partial charge in [0.05, 0.1) is 19.8 Å². The molecule has 0 fully saturated rings. The second-order valence-electron chi connectivity index (χ2n) is 5.02. The summed E-state index contributed by atoms with van der Waals surface area (Å²) in [6.07, 6.45) is 0. The van der Waals surface area contributed by atoms with Gasteiger partial charge in [0.2, 0.25) is 0 Å². The summed E-state index contributed by atoms with van der Waals surface area (Å²) < 4.78 is 5.11. The van der Waals surface area contributed by atoms with Crippen molar-refractivity contribution in [1.82, 2.24) is 4.90 Å². The van der Waals surface area contributed by atoms with Gasteiger partial charge in [-0.15, -0.1) is 0 Å². The van der Waals surface area contributed by atoms with Gasteiger partial charge in [-0.1, -0.05) is 29.8 Å². The first-order valence-electron chi connectivity index (χ1n) is 7.09. The maximum atomic E-state index is 12.4. The molecule has 23 heavy (non-hydrogen) atoms. The molecular formula is C17H19ClN2O3. The lowest BCUT2D eigenvalue weighted by Gasteiger charge is -2.27. The van der Waals surface area contributed by atoms with Gasteiger partial charge in [0.15, 0.2) is 0 Å². The van der Waals surface area contributed by atoms with Crippen molar-refractivity contribution in [2.75, 3.05) is 26.1 Å². The van der Waals surface area contributed by atoms with Gasteiger partial charge in [-0.05, 0) is 35.9 Å². The summed E-state index contributed by atoms with van der Waals surface area (Å²) in [5, 5.41) is 13.0. The molecule has 2 rings (SSSR count). The van der Waals surface area contributed by atoms with Crippen LogP contribution in [0.15, 0.2) is 48.5 Å². The summed E-state index contributed by atoms with van der Waals surface area (Å²) >= 11 is 5.91. The van der Waals surface area contributed by atoms with E-state index in [1.807, 2.05) is 12.1 Å². The lowest BCUT2D eigenvalue weighted by molar-refractivity contribution is 0.159. The molecule has 0 aliphatic heterocycles. The Morgan fingerprint density at radius 3 is 2.57 bits per heavy atom. The van der Waals surface area contributed by atoms with Gasteiger partial charge in [0.25, 0.3) is 0 Å². The topological polar surface area (TPSA) is 61.8 Å². The molecule has 2 aromatic carbocycles. The van der Waals surface area contributed by atoms with E-state index in [4.69, 9.17) is 16.3 Å². The summed E-state index contributed by atoms with van der Waals surface area (Å²) in [6, 6.07) is 13.3. The number of benzene rings is 2. The minimum Gasteiger partial charge on any atom is -0.497 e. The van der Waals surface area contributed by atoms with Gasteiger partial charge in [-0.2, -0.15) is 0 Å². The van der Waals surface area contributed by atoms with E-state index in [-0.39, 0.29) is 12.6 Å². The molecule has 0 spiro atoms. The molecule has 0 saturated heterocycles. The third-order valence-corrected chi connectivity index (χ3v) is 3.77. The molecule has 0 heterocycles. The van der Waals surface area contributed by atoms with Crippen LogP contribution in [0.3, 0.4) is 0 Å². The predicted octanol–water partition coefficient (Wildman–Crippen LogP) is 3.55. The van der Waals surface area contributed by atoms with Crippen molar-refractivity contribution in [2.45, 2.75) is 6.04 Å². The third-order valence-electron chi connectivity index (χ3n) is 3.54. The number of halogens is 1. The first-order chi connectivity index (χ1) is 11.0. The molecule has 0 aliphatic rings. The van der Waals surface area contributed by atoms with E-state index in [1.165, 1.54) is 4.90 Å². The van der Waals surface area contributed by atoms with Crippen molar-refractivity contribution in [3.63, 3.8) is 0 Å². The highest BCUT2D eigenvalue weighted by Crippen LogP contribution is 2.23. The Kier molecular flexibility index (Phi) is 5.84. The lowest BCUT2D eigenvalue weighted by atomic mass is 10.1. The Morgan fingerprint density at radius 1 is 1.30 bits per heavy atom. The van der Waals surface area contributed by atoms with Crippen molar-refractivity contribution in [2.24, 2.45) is 0 Å². The van der Waals surface area contributed by atoms with Crippen LogP contribution >= 0.6 is 11.6 Å². The van der Waals surface area contributed by atoms with Gasteiger partial charge in [-0.3, -0.25) is 0 Å². The van der Waals surface area contributed by atoms with Crippen molar-refractivity contribution in [3.8, 4) is 5.75 Å². The van der Waals surface area contributed by atoms with Crippen LogP contribution in [0.4, 0.5) is 10.5 Å². The molecule has 0 unspecified atom stereocenters. The molecule has 0 aliphatic carbocycles. The Bertz CT molecular complexity index is 661. The second kappa shape index (κ2) is 7.85. The molecule has 2 N–H and O–H groups in total. The normalized spacial score (nSPS) is 11.7. The van der Waals surface area contributed by atoms with Gasteiger partial charge in [0, 0.05) is 17.8 Å². The third kappa shape index (κ3) is 4.37. The van der Waals surface area contributed by atoms with E-state index in [0.29, 0.717) is 10.7 Å². The highest BCUT2D eigenvalue weighted by Gasteiger charge is 2.21. The number of methoxy groups -OCH3 is 1. The van der Waals surface area contributed by atoms with Gasteiger partial charge >= 0.3 is 6.03 Å². The number of hydrogen-bond donors (Lipinski definition) is 2. The molecular weight excluding hydrogens is 316 g/mol. The van der Waals surface area contributed by atoms with Crippen molar-refractivity contribution >= 4 is 23.3 Å². The Hall–Kier alpha value is -2.24. The molecule has 0 radical (unpaired) electrons. The number of rotatable bonds is 5. The lowest BCUT2D eigenvalue weighted by Crippen LogP contribution is -2.36. The van der Waals surface area contributed by atoms with Crippen LogP contribution in [0.25, 0.3) is 0 Å². The number of urea groups is 1. The predicted molar refractivity (Wildman–Crippen MR) is 91.1 cm³/mol. The minimum atomic E-state index is -0.458. The zero-order valence-corrected chi connectivity index (χ0v) is 13.7. The fourth-order valence-corrected chi connectivity index (χ4v) is 2.39. The van der Waals surface area contributed by atoms with Gasteiger partial charge < -0.3 is 20.1 Å². The van der Waals surface area contributed by atoms with Crippen LogP contribution in [0.2, 0.25) is 5.02 Å². The highest BCUT2D eigenvalue weighted by molar-refractivity contribution is 6.30. The quantitative estimate of drug-likeness (QED) is 0.879. The van der Waals surface area contributed by atoms with E-state index >= 15 is 0 Å². The van der Waals surface area contributed by atoms with Crippen LogP contribution < -0.4 is 10.1 Å². The molecule has 5 nitrogen and oxygen atoms in total. The molecule has 6 heteroatoms. The van der Waals surface area contributed by atoms with Crippen molar-refractivity contribution in [1.29, 1.82) is 0 Å². The zero-order chi connectivity index (χ0) is 16.8. The molecule has 0 saturated carbocycles. The SMILES string of the molecule is COc1ccc([C@@H](CO)N(C)C(=O)Nc2cccc(Cl)c2)cc1. The largest absolute Gasteiger partial charge is 0.497 e. The highest BCUT2D eigenvalue weighted by atomic mass is 35.5. The summed E-state index contributed by atoms with van der Waals surface area (Å²) in [6.45, 7) is -0.189. The van der Waals surface area contributed by atoms with Crippen LogP contribution in [0, 0.1) is 0 Å². The Balaban J connectivity index is 2.11. The number of amides is 2. The van der Waals surface area contributed by atoms with Crippen LogP contribution in [0.1, 0.15) is 11.6 Å². The number of hydrogen-bond acceptors (Lipinski definition) is 3. The minimum absolute atomic E-state index is 0.189. The standard InChI is InChI=1S/C17H19ClN2O3/c1-20(17(22)19-14-5-3-4-13(18)10-14)16(11-21)12-6-8-15(23-2)9-7-12/h3-10,16,21H,11H2,1-2H3,(H,19,22)/t16-/m1/s1. The molecule has 2 amide bonds. The number of carbonyl (C=O) groups is 1. The number of aliphatic hydroxyl groups is 1. The average molecular weight is 335 g/mol. The van der Waals surface area contributed by atoms with E-state index in [2.05, 4.69) is 5.32 Å². The Labute approximate surface area is 140 Å². The molecule has 2 aromatic rings. The fourth-order valence-electron chi connectivity index (χ4n) is 2.20. The number of anilines is 1. The maximum absolute atomic E-state index is 12.4. The van der Waals surface area contributed by atoms with Gasteiger partial charge in [0.1, 0.15) is 5.75 Å². The van der Waals surface area contributed by atoms with Crippen LogP contribution in [-0.4, -0.2) is 36.8 Å². The van der Waals surface area contributed by atoms with Gasteiger partial charge in [-0.25, -0.2) is 4.79 Å². The van der Waals surface area contributed by atoms with E-state index in [9.17, 15) is 9.90 Å². The zero-order valence-electron chi connectivity index (χ0n) is 13.0. The monoisotopic (exact) mass is 334 g/mol. The number of nitrogens with zero attached hydrogens (tertiary/aromatic N) is 1. The Morgan fingerprint density at radius 2 is 2.00 bits per heavy atom. The van der Waals surface area contributed by atoms with Crippen LogP contribution in [-0.2, 0) is 0 Å². The molecule has 122 valence electrons.